The van der Waals surface area contributed by atoms with Gasteiger partial charge in [0.25, 0.3) is 0 Å². The Kier molecular flexibility index (Phi) is 5.98. The third kappa shape index (κ3) is 5.18. The van der Waals surface area contributed by atoms with Crippen LogP contribution < -0.4 is 16.0 Å². The Morgan fingerprint density at radius 2 is 2.26 bits per heavy atom. The number of hydrogen-bond acceptors (Lipinski definition) is 5. The summed E-state index contributed by atoms with van der Waals surface area (Å²) in [6.45, 7) is 3.13. The molecule has 1 unspecified atom stereocenters. The van der Waals surface area contributed by atoms with Gasteiger partial charge in [-0.1, -0.05) is 12.1 Å². The van der Waals surface area contributed by atoms with Crippen LogP contribution in [-0.2, 0) is 6.18 Å². The SMILES string of the molecule is CN1CCNCC1CNC(=O)Nc1nc(-c2cccc(C(F)(F)F)c2)cs1. The van der Waals surface area contributed by atoms with Gasteiger partial charge < -0.3 is 10.6 Å². The van der Waals surface area contributed by atoms with Crippen molar-refractivity contribution in [1.82, 2.24) is 20.5 Å². The van der Waals surface area contributed by atoms with E-state index in [1.165, 1.54) is 6.07 Å². The number of hydrogen-bond donors (Lipinski definition) is 3. The van der Waals surface area contributed by atoms with Crippen LogP contribution in [0.3, 0.4) is 0 Å². The molecule has 2 aromatic rings. The monoisotopic (exact) mass is 399 g/mol. The first-order chi connectivity index (χ1) is 12.8. The second-order valence-electron chi connectivity index (χ2n) is 6.29. The van der Waals surface area contributed by atoms with E-state index in [1.807, 2.05) is 7.05 Å². The largest absolute Gasteiger partial charge is 0.416 e. The number of urea groups is 1. The number of alkyl halides is 3. The van der Waals surface area contributed by atoms with Gasteiger partial charge in [0.1, 0.15) is 0 Å². The maximum Gasteiger partial charge on any atom is 0.416 e. The van der Waals surface area contributed by atoms with E-state index >= 15 is 0 Å². The fourth-order valence-corrected chi connectivity index (χ4v) is 3.48. The van der Waals surface area contributed by atoms with Gasteiger partial charge in [0.05, 0.1) is 11.3 Å². The van der Waals surface area contributed by atoms with E-state index in [1.54, 1.807) is 11.4 Å². The quantitative estimate of drug-likeness (QED) is 0.740. The van der Waals surface area contributed by atoms with Crippen molar-refractivity contribution in [3.63, 3.8) is 0 Å². The zero-order chi connectivity index (χ0) is 19.4. The topological polar surface area (TPSA) is 69.3 Å². The third-order valence-corrected chi connectivity index (χ3v) is 5.11. The summed E-state index contributed by atoms with van der Waals surface area (Å²) in [5, 5.41) is 10.6. The standard InChI is InChI=1S/C17H20F3N5OS/c1-25-6-5-21-8-13(25)9-22-15(26)24-16-23-14(10-27-16)11-3-2-4-12(7-11)17(18,19)20/h2-4,7,10,13,21H,5-6,8-9H2,1H3,(H2,22,23,24,26). The van der Waals surface area contributed by atoms with Crippen molar-refractivity contribution in [2.24, 2.45) is 0 Å². The predicted octanol–water partition coefficient (Wildman–Crippen LogP) is 2.85. The maximum atomic E-state index is 12.8. The molecule has 27 heavy (non-hydrogen) atoms. The molecule has 0 aliphatic carbocycles. The number of aromatic nitrogens is 1. The molecule has 146 valence electrons. The molecule has 1 fully saturated rings. The van der Waals surface area contributed by atoms with Crippen molar-refractivity contribution in [1.29, 1.82) is 0 Å². The molecule has 0 bridgehead atoms. The van der Waals surface area contributed by atoms with Crippen molar-refractivity contribution in [2.45, 2.75) is 12.2 Å². The molecule has 0 radical (unpaired) electrons. The highest BCUT2D eigenvalue weighted by Gasteiger charge is 2.30. The Morgan fingerprint density at radius 1 is 1.44 bits per heavy atom. The fourth-order valence-electron chi connectivity index (χ4n) is 2.76. The normalized spacial score (nSPS) is 18.3. The van der Waals surface area contributed by atoms with Gasteiger partial charge in [-0.15, -0.1) is 11.3 Å². The van der Waals surface area contributed by atoms with Gasteiger partial charge in [0.15, 0.2) is 5.13 Å². The van der Waals surface area contributed by atoms with E-state index in [-0.39, 0.29) is 12.1 Å². The Morgan fingerprint density at radius 3 is 3.00 bits per heavy atom. The number of thiazole rings is 1. The van der Waals surface area contributed by atoms with E-state index in [4.69, 9.17) is 0 Å². The predicted molar refractivity (Wildman–Crippen MR) is 98.9 cm³/mol. The van der Waals surface area contributed by atoms with Gasteiger partial charge in [-0.05, 0) is 19.2 Å². The lowest BCUT2D eigenvalue weighted by Crippen LogP contribution is -2.54. The number of halogens is 3. The zero-order valence-electron chi connectivity index (χ0n) is 14.6. The summed E-state index contributed by atoms with van der Waals surface area (Å²) in [4.78, 5) is 18.4. The van der Waals surface area contributed by atoms with Crippen molar-refractivity contribution in [3.05, 3.63) is 35.2 Å². The van der Waals surface area contributed by atoms with Crippen LogP contribution in [0.15, 0.2) is 29.6 Å². The van der Waals surface area contributed by atoms with E-state index in [2.05, 4.69) is 25.8 Å². The molecule has 3 N–H and O–H groups in total. The van der Waals surface area contributed by atoms with E-state index in [0.29, 0.717) is 22.9 Å². The summed E-state index contributed by atoms with van der Waals surface area (Å²) in [7, 11) is 2.01. The highest BCUT2D eigenvalue weighted by molar-refractivity contribution is 7.14. The van der Waals surface area contributed by atoms with Gasteiger partial charge >= 0.3 is 12.2 Å². The first-order valence-electron chi connectivity index (χ1n) is 8.42. The van der Waals surface area contributed by atoms with Gasteiger partial charge in [-0.25, -0.2) is 9.78 Å². The van der Waals surface area contributed by atoms with Crippen LogP contribution in [0.5, 0.6) is 0 Å². The average Bonchev–Trinajstić information content (AvgIpc) is 3.09. The first kappa shape index (κ1) is 19.6. The maximum absolute atomic E-state index is 12.8. The van der Waals surface area contributed by atoms with Crippen molar-refractivity contribution < 1.29 is 18.0 Å². The summed E-state index contributed by atoms with van der Waals surface area (Å²) in [6.07, 6.45) is -4.41. The minimum atomic E-state index is -4.41. The summed E-state index contributed by atoms with van der Waals surface area (Å²) < 4.78 is 38.5. The molecule has 2 amide bonds. The molecule has 1 aliphatic rings. The molecule has 2 heterocycles. The molecule has 1 atom stereocenters. The zero-order valence-corrected chi connectivity index (χ0v) is 15.5. The molecule has 10 heteroatoms. The number of benzene rings is 1. The molecule has 0 spiro atoms. The van der Waals surface area contributed by atoms with Gasteiger partial charge in [-0.3, -0.25) is 10.2 Å². The molecular formula is C17H20F3N5OS. The number of carbonyl (C=O) groups is 1. The van der Waals surface area contributed by atoms with Crippen LogP contribution in [0.1, 0.15) is 5.56 Å². The van der Waals surface area contributed by atoms with Crippen LogP contribution in [-0.4, -0.2) is 55.2 Å². The van der Waals surface area contributed by atoms with Gasteiger partial charge in [0, 0.05) is 43.2 Å². The average molecular weight is 399 g/mol. The smallest absolute Gasteiger partial charge is 0.336 e. The minimum Gasteiger partial charge on any atom is -0.336 e. The second kappa shape index (κ2) is 8.24. The minimum absolute atomic E-state index is 0.210. The number of nitrogens with zero attached hydrogens (tertiary/aromatic N) is 2. The van der Waals surface area contributed by atoms with Crippen LogP contribution in [0.4, 0.5) is 23.1 Å². The van der Waals surface area contributed by atoms with Gasteiger partial charge in [0.2, 0.25) is 0 Å². The Balaban J connectivity index is 1.58. The molecule has 1 saturated heterocycles. The van der Waals surface area contributed by atoms with Crippen LogP contribution in [0.2, 0.25) is 0 Å². The lowest BCUT2D eigenvalue weighted by molar-refractivity contribution is -0.137. The molecule has 6 nitrogen and oxygen atoms in total. The Bertz CT molecular complexity index is 795. The number of piperazine rings is 1. The summed E-state index contributed by atoms with van der Waals surface area (Å²) >= 11 is 1.16. The van der Waals surface area contributed by atoms with Crippen molar-refractivity contribution in [3.8, 4) is 11.3 Å². The summed E-state index contributed by atoms with van der Waals surface area (Å²) in [6, 6.07) is 4.77. The lowest BCUT2D eigenvalue weighted by Gasteiger charge is -2.33. The van der Waals surface area contributed by atoms with Gasteiger partial charge in [-0.2, -0.15) is 13.2 Å². The van der Waals surface area contributed by atoms with E-state index < -0.39 is 11.7 Å². The number of amides is 2. The highest BCUT2D eigenvalue weighted by atomic mass is 32.1. The molecule has 1 aromatic carbocycles. The number of anilines is 1. The van der Waals surface area contributed by atoms with Crippen molar-refractivity contribution in [2.75, 3.05) is 38.5 Å². The van der Waals surface area contributed by atoms with Crippen LogP contribution in [0, 0.1) is 0 Å². The van der Waals surface area contributed by atoms with Crippen LogP contribution in [0.25, 0.3) is 11.3 Å². The van der Waals surface area contributed by atoms with Crippen LogP contribution >= 0.6 is 11.3 Å². The Hall–Kier alpha value is -2.17. The van der Waals surface area contributed by atoms with E-state index in [0.717, 1.165) is 43.1 Å². The molecule has 0 saturated carbocycles. The third-order valence-electron chi connectivity index (χ3n) is 4.35. The number of carbonyl (C=O) groups excluding carboxylic acids is 1. The van der Waals surface area contributed by atoms with E-state index in [9.17, 15) is 18.0 Å². The number of rotatable bonds is 4. The highest BCUT2D eigenvalue weighted by Crippen LogP contribution is 2.33. The second-order valence-corrected chi connectivity index (χ2v) is 7.15. The lowest BCUT2D eigenvalue weighted by atomic mass is 10.1. The molecule has 1 aromatic heterocycles. The summed E-state index contributed by atoms with van der Waals surface area (Å²) in [5.74, 6) is 0. The fraction of sp³-hybridized carbons (Fsp3) is 0.412. The molecule has 3 rings (SSSR count). The number of nitrogens with one attached hydrogen (secondary N) is 3. The molecular weight excluding hydrogens is 379 g/mol. The molecule has 1 aliphatic heterocycles. The number of likely N-dealkylation sites (N-methyl/N-ethyl adjacent to an activating group) is 1. The first-order valence-corrected chi connectivity index (χ1v) is 9.30. The van der Waals surface area contributed by atoms with Crippen molar-refractivity contribution >= 4 is 22.5 Å². The Labute approximate surface area is 158 Å². The summed E-state index contributed by atoms with van der Waals surface area (Å²) in [5.41, 5.74) is 0.00696.